The number of hydrogen-bond acceptors (Lipinski definition) is 7. The minimum absolute atomic E-state index is 0.00239. The number of nitrogens with one attached hydrogen (secondary N) is 3. The van der Waals surface area contributed by atoms with Crippen LogP contribution in [0, 0.1) is 5.41 Å². The smallest absolute Gasteiger partial charge is 0.387 e. The lowest BCUT2D eigenvalue weighted by Crippen LogP contribution is -2.61. The monoisotopic (exact) mass is 492 g/mol. The Morgan fingerprint density at radius 1 is 1.26 bits per heavy atom. The third-order valence-electron chi connectivity index (χ3n) is 5.69. The van der Waals surface area contributed by atoms with Crippen molar-refractivity contribution in [2.75, 3.05) is 30.0 Å². The number of carbonyl (C=O) groups is 1. The molecule has 8 nitrogen and oxygen atoms in total. The number of rotatable bonds is 8. The molecule has 0 saturated carbocycles. The van der Waals surface area contributed by atoms with E-state index in [1.165, 1.54) is 24.4 Å². The quantitative estimate of drug-likeness (QED) is 0.489. The summed E-state index contributed by atoms with van der Waals surface area (Å²) in [5.41, 5.74) is 0.914. The molecule has 2 aliphatic heterocycles. The fraction of sp³-hybridized carbons (Fsp3) is 0.435. The van der Waals surface area contributed by atoms with Crippen molar-refractivity contribution >= 4 is 28.1 Å². The maximum atomic E-state index is 12.9. The summed E-state index contributed by atoms with van der Waals surface area (Å²) in [4.78, 5) is 17.3. The SMILES string of the molecule is CC1(NC(=O)c2cnc(C(=N)c3cccc(OC(F)F)c3)c(NC3CCOCC3)c2)CS(=O)C1. The van der Waals surface area contributed by atoms with Crippen LogP contribution in [-0.2, 0) is 15.5 Å². The van der Waals surface area contributed by atoms with Crippen molar-refractivity contribution in [3.63, 3.8) is 0 Å². The predicted molar refractivity (Wildman–Crippen MR) is 124 cm³/mol. The van der Waals surface area contributed by atoms with Gasteiger partial charge in [0.1, 0.15) is 11.4 Å². The average Bonchev–Trinajstić information content (AvgIpc) is 2.78. The standard InChI is InChI=1S/C23H26F2N4O4S/c1-23(12-34(31)13-23)29-21(30)15-10-18(28-16-5-7-32-8-6-16)20(27-11-15)19(26)14-3-2-4-17(9-14)33-22(24)25/h2-4,9-11,16,22,26,28H,5-8,12-13H2,1H3,(H,29,30). The number of amides is 1. The summed E-state index contributed by atoms with van der Waals surface area (Å²) in [5, 5.41) is 15.0. The molecule has 0 bridgehead atoms. The van der Waals surface area contributed by atoms with E-state index >= 15 is 0 Å². The molecule has 0 radical (unpaired) electrons. The summed E-state index contributed by atoms with van der Waals surface area (Å²) in [6.07, 6.45) is 2.89. The molecule has 0 aliphatic carbocycles. The largest absolute Gasteiger partial charge is 0.435 e. The number of alkyl halides is 2. The highest BCUT2D eigenvalue weighted by Gasteiger charge is 2.39. The maximum absolute atomic E-state index is 12.9. The minimum Gasteiger partial charge on any atom is -0.435 e. The van der Waals surface area contributed by atoms with Gasteiger partial charge >= 0.3 is 6.61 Å². The topological polar surface area (TPSA) is 113 Å². The summed E-state index contributed by atoms with van der Waals surface area (Å²) in [5.74, 6) is 0.406. The van der Waals surface area contributed by atoms with Crippen molar-refractivity contribution in [1.82, 2.24) is 10.3 Å². The molecule has 0 unspecified atom stereocenters. The van der Waals surface area contributed by atoms with Crippen molar-refractivity contribution in [2.45, 2.75) is 38.0 Å². The Bertz CT molecular complexity index is 1100. The molecule has 2 aliphatic rings. The third-order valence-corrected chi connectivity index (χ3v) is 7.61. The molecule has 11 heteroatoms. The van der Waals surface area contributed by atoms with E-state index in [2.05, 4.69) is 20.4 Å². The molecule has 3 N–H and O–H groups in total. The zero-order chi connectivity index (χ0) is 24.3. The third kappa shape index (κ3) is 5.76. The first kappa shape index (κ1) is 24.2. The fourth-order valence-electron chi connectivity index (χ4n) is 4.01. The van der Waals surface area contributed by atoms with Gasteiger partial charge in [0, 0.05) is 53.3 Å². The van der Waals surface area contributed by atoms with Gasteiger partial charge in [-0.25, -0.2) is 0 Å². The summed E-state index contributed by atoms with van der Waals surface area (Å²) in [7, 11) is -0.920. The van der Waals surface area contributed by atoms with Crippen LogP contribution in [-0.4, -0.2) is 63.7 Å². The van der Waals surface area contributed by atoms with Crippen molar-refractivity contribution in [2.24, 2.45) is 0 Å². The van der Waals surface area contributed by atoms with Crippen LogP contribution >= 0.6 is 0 Å². The van der Waals surface area contributed by atoms with E-state index in [9.17, 15) is 17.8 Å². The van der Waals surface area contributed by atoms with Gasteiger partial charge in [-0.2, -0.15) is 8.78 Å². The van der Waals surface area contributed by atoms with Gasteiger partial charge in [-0.1, -0.05) is 12.1 Å². The summed E-state index contributed by atoms with van der Waals surface area (Å²) >= 11 is 0. The Morgan fingerprint density at radius 3 is 2.68 bits per heavy atom. The number of ether oxygens (including phenoxy) is 2. The molecule has 34 heavy (non-hydrogen) atoms. The van der Waals surface area contributed by atoms with Crippen molar-refractivity contribution in [3.05, 3.63) is 53.3 Å². The molecule has 3 heterocycles. The van der Waals surface area contributed by atoms with E-state index in [1.54, 1.807) is 12.1 Å². The van der Waals surface area contributed by atoms with Crippen LogP contribution < -0.4 is 15.4 Å². The predicted octanol–water partition coefficient (Wildman–Crippen LogP) is 2.94. The molecule has 2 aromatic rings. The second-order valence-corrected chi connectivity index (χ2v) is 10.1. The van der Waals surface area contributed by atoms with Crippen LogP contribution in [0.3, 0.4) is 0 Å². The zero-order valence-electron chi connectivity index (χ0n) is 18.6. The molecule has 4 rings (SSSR count). The number of carbonyl (C=O) groups excluding carboxylic acids is 1. The molecular formula is C23H26F2N4O4S. The highest BCUT2D eigenvalue weighted by molar-refractivity contribution is 7.86. The van der Waals surface area contributed by atoms with Gasteiger partial charge in [0.2, 0.25) is 0 Å². The van der Waals surface area contributed by atoms with Gasteiger partial charge < -0.3 is 20.1 Å². The van der Waals surface area contributed by atoms with Gasteiger partial charge in [0.25, 0.3) is 5.91 Å². The lowest BCUT2D eigenvalue weighted by molar-refractivity contribution is -0.0498. The van der Waals surface area contributed by atoms with Crippen LogP contribution in [0.15, 0.2) is 36.5 Å². The number of benzene rings is 1. The number of nitrogens with zero attached hydrogens (tertiary/aromatic N) is 1. The van der Waals surface area contributed by atoms with E-state index in [4.69, 9.17) is 10.1 Å². The van der Waals surface area contributed by atoms with E-state index in [0.717, 1.165) is 12.8 Å². The van der Waals surface area contributed by atoms with Crippen molar-refractivity contribution in [1.29, 1.82) is 5.41 Å². The van der Waals surface area contributed by atoms with E-state index in [-0.39, 0.29) is 29.1 Å². The number of anilines is 1. The van der Waals surface area contributed by atoms with Crippen LogP contribution in [0.25, 0.3) is 0 Å². The van der Waals surface area contributed by atoms with Gasteiger partial charge in [-0.15, -0.1) is 0 Å². The normalized spacial score (nSPS) is 22.6. The number of aromatic nitrogens is 1. The Labute approximate surface area is 198 Å². The number of pyridine rings is 1. The average molecular weight is 493 g/mol. The Morgan fingerprint density at radius 2 is 2.00 bits per heavy atom. The van der Waals surface area contributed by atoms with Crippen LogP contribution in [0.2, 0.25) is 0 Å². The number of halogens is 2. The van der Waals surface area contributed by atoms with Crippen LogP contribution in [0.5, 0.6) is 5.75 Å². The molecule has 2 fully saturated rings. The van der Waals surface area contributed by atoms with Crippen LogP contribution in [0.4, 0.5) is 14.5 Å². The molecule has 2 saturated heterocycles. The summed E-state index contributed by atoms with van der Waals surface area (Å²) < 4.78 is 46.6. The van der Waals surface area contributed by atoms with E-state index in [1.807, 2.05) is 6.92 Å². The second-order valence-electron chi connectivity index (χ2n) is 8.68. The van der Waals surface area contributed by atoms with E-state index < -0.39 is 22.9 Å². The summed E-state index contributed by atoms with van der Waals surface area (Å²) in [6, 6.07) is 7.59. The minimum atomic E-state index is -2.97. The first-order valence-electron chi connectivity index (χ1n) is 10.9. The molecular weight excluding hydrogens is 466 g/mol. The van der Waals surface area contributed by atoms with Gasteiger partial charge in [-0.05, 0) is 38.0 Å². The lowest BCUT2D eigenvalue weighted by atomic mass is 10.0. The molecule has 0 atom stereocenters. The van der Waals surface area contributed by atoms with Gasteiger partial charge in [-0.3, -0.25) is 19.4 Å². The molecule has 0 spiro atoms. The van der Waals surface area contributed by atoms with Crippen molar-refractivity contribution < 1.29 is 27.3 Å². The molecule has 182 valence electrons. The second kappa shape index (κ2) is 10.1. The highest BCUT2D eigenvalue weighted by Crippen LogP contribution is 2.25. The fourth-order valence-corrected chi connectivity index (χ4v) is 5.49. The van der Waals surface area contributed by atoms with E-state index in [0.29, 0.717) is 41.5 Å². The highest BCUT2D eigenvalue weighted by atomic mass is 32.2. The number of hydrogen-bond donors (Lipinski definition) is 3. The Balaban J connectivity index is 1.62. The maximum Gasteiger partial charge on any atom is 0.387 e. The first-order chi connectivity index (χ1) is 16.2. The first-order valence-corrected chi connectivity index (χ1v) is 12.4. The molecule has 1 aromatic heterocycles. The zero-order valence-corrected chi connectivity index (χ0v) is 19.4. The Kier molecular flexibility index (Phi) is 7.22. The van der Waals surface area contributed by atoms with Gasteiger partial charge in [0.15, 0.2) is 0 Å². The molecule has 1 amide bonds. The Hall–Kier alpha value is -2.92. The van der Waals surface area contributed by atoms with Crippen molar-refractivity contribution in [3.8, 4) is 5.75 Å². The van der Waals surface area contributed by atoms with Gasteiger partial charge in [0.05, 0.1) is 22.5 Å². The molecule has 1 aromatic carbocycles. The van der Waals surface area contributed by atoms with Crippen LogP contribution in [0.1, 0.15) is 41.4 Å². The summed E-state index contributed by atoms with van der Waals surface area (Å²) in [6.45, 7) is 0.0710. The lowest BCUT2D eigenvalue weighted by Gasteiger charge is -2.38.